The van der Waals surface area contributed by atoms with Gasteiger partial charge in [-0.3, -0.25) is 14.7 Å². The predicted molar refractivity (Wildman–Crippen MR) is 93.7 cm³/mol. The molecule has 0 bridgehead atoms. The fourth-order valence-electron chi connectivity index (χ4n) is 4.12. The van der Waals surface area contributed by atoms with E-state index in [-0.39, 0.29) is 17.6 Å². The van der Waals surface area contributed by atoms with Gasteiger partial charge in [0.25, 0.3) is 0 Å². The molecular weight excluding hydrogens is 316 g/mol. The average Bonchev–Trinajstić information content (AvgIpc) is 3.14. The molecule has 2 aliphatic rings. The van der Waals surface area contributed by atoms with Gasteiger partial charge in [-0.05, 0) is 61.1 Å². The van der Waals surface area contributed by atoms with Gasteiger partial charge in [0, 0.05) is 24.8 Å². The summed E-state index contributed by atoms with van der Waals surface area (Å²) in [4.78, 5) is 18.7. The highest BCUT2D eigenvalue weighted by atomic mass is 16.5. The molecule has 5 heteroatoms. The van der Waals surface area contributed by atoms with Crippen molar-refractivity contribution in [1.82, 2.24) is 9.88 Å². The van der Waals surface area contributed by atoms with E-state index < -0.39 is 0 Å². The summed E-state index contributed by atoms with van der Waals surface area (Å²) in [5.41, 5.74) is 0.660. The number of rotatable bonds is 5. The van der Waals surface area contributed by atoms with E-state index in [0.29, 0.717) is 23.9 Å². The molecule has 1 aromatic heterocycles. The van der Waals surface area contributed by atoms with Crippen molar-refractivity contribution in [1.29, 1.82) is 0 Å². The smallest absolute Gasteiger partial charge is 0.176 e. The number of nitrogens with zero attached hydrogens (tertiary/aromatic N) is 2. The molecule has 2 fully saturated rings. The minimum atomic E-state index is 0.114. The van der Waals surface area contributed by atoms with E-state index in [9.17, 15) is 9.90 Å². The van der Waals surface area contributed by atoms with Crippen molar-refractivity contribution >= 4 is 5.78 Å². The monoisotopic (exact) mass is 338 g/mol. The molecule has 2 unspecified atom stereocenters. The summed E-state index contributed by atoms with van der Waals surface area (Å²) in [7, 11) is 0. The third-order valence-electron chi connectivity index (χ3n) is 5.28. The predicted octanol–water partition coefficient (Wildman–Crippen LogP) is 2.76. The largest absolute Gasteiger partial charge is 0.508 e. The van der Waals surface area contributed by atoms with Crippen LogP contribution in [0.5, 0.6) is 11.5 Å². The maximum Gasteiger partial charge on any atom is 0.176 e. The Bertz CT molecular complexity index is 718. The number of hydrogen-bond donors (Lipinski definition) is 1. The van der Waals surface area contributed by atoms with Crippen molar-refractivity contribution in [3.63, 3.8) is 0 Å². The van der Waals surface area contributed by atoms with E-state index in [4.69, 9.17) is 4.74 Å². The zero-order chi connectivity index (χ0) is 17.2. The van der Waals surface area contributed by atoms with Gasteiger partial charge in [0.2, 0.25) is 0 Å². The quantitative estimate of drug-likeness (QED) is 0.850. The summed E-state index contributed by atoms with van der Waals surface area (Å²) in [6.07, 6.45) is 5.86. The Balaban J connectivity index is 1.29. The molecule has 1 saturated heterocycles. The number of likely N-dealkylation sites (tertiary alicyclic amines) is 1. The van der Waals surface area contributed by atoms with Crippen LogP contribution in [0, 0.1) is 11.8 Å². The number of ketones is 1. The topological polar surface area (TPSA) is 62.7 Å². The van der Waals surface area contributed by atoms with Gasteiger partial charge in [0.1, 0.15) is 11.5 Å². The van der Waals surface area contributed by atoms with Crippen molar-refractivity contribution < 1.29 is 14.6 Å². The van der Waals surface area contributed by atoms with Crippen LogP contribution in [0.3, 0.4) is 0 Å². The van der Waals surface area contributed by atoms with Gasteiger partial charge < -0.3 is 9.84 Å². The Morgan fingerprint density at radius 1 is 1.16 bits per heavy atom. The maximum atomic E-state index is 12.4. The fraction of sp³-hybridized carbons (Fsp3) is 0.400. The zero-order valence-corrected chi connectivity index (χ0v) is 14.0. The first kappa shape index (κ1) is 16.1. The van der Waals surface area contributed by atoms with Gasteiger partial charge in [0.05, 0.1) is 18.8 Å². The Hall–Kier alpha value is -2.40. The second kappa shape index (κ2) is 6.84. The van der Waals surface area contributed by atoms with Crippen LogP contribution < -0.4 is 4.74 Å². The first-order valence-corrected chi connectivity index (χ1v) is 8.78. The van der Waals surface area contributed by atoms with Crippen LogP contribution in [0.2, 0.25) is 0 Å². The lowest BCUT2D eigenvalue weighted by Gasteiger charge is -2.19. The van der Waals surface area contributed by atoms with E-state index in [1.165, 1.54) is 0 Å². The Morgan fingerprint density at radius 3 is 2.52 bits per heavy atom. The van der Waals surface area contributed by atoms with Crippen LogP contribution in [-0.4, -0.2) is 46.5 Å². The molecule has 3 atom stereocenters. The molecule has 1 aromatic carbocycles. The number of carbonyl (C=O) groups is 1. The molecule has 1 N–H and O–H groups in total. The molecule has 1 aliphatic carbocycles. The highest BCUT2D eigenvalue weighted by Gasteiger charge is 2.42. The number of aromatic nitrogens is 1. The third kappa shape index (κ3) is 3.66. The number of phenols is 1. The molecule has 0 spiro atoms. The Kier molecular flexibility index (Phi) is 4.40. The van der Waals surface area contributed by atoms with Crippen molar-refractivity contribution in [2.24, 2.45) is 11.8 Å². The lowest BCUT2D eigenvalue weighted by atomic mass is 10.0. The van der Waals surface area contributed by atoms with Gasteiger partial charge >= 0.3 is 0 Å². The Labute approximate surface area is 147 Å². The lowest BCUT2D eigenvalue weighted by Crippen LogP contribution is -2.30. The van der Waals surface area contributed by atoms with Crippen LogP contribution in [0.15, 0.2) is 48.8 Å². The molecule has 2 heterocycles. The molecule has 5 nitrogen and oxygen atoms in total. The average molecular weight is 338 g/mol. The first-order valence-electron chi connectivity index (χ1n) is 8.78. The van der Waals surface area contributed by atoms with Gasteiger partial charge in [-0.1, -0.05) is 0 Å². The van der Waals surface area contributed by atoms with Gasteiger partial charge in [0.15, 0.2) is 5.78 Å². The minimum absolute atomic E-state index is 0.114. The number of hydrogen-bond acceptors (Lipinski definition) is 5. The minimum Gasteiger partial charge on any atom is -0.508 e. The maximum absolute atomic E-state index is 12.4. The summed E-state index contributed by atoms with van der Waals surface area (Å²) in [6, 6.07) is 10.3. The van der Waals surface area contributed by atoms with Gasteiger partial charge in [-0.25, -0.2) is 0 Å². The standard InChI is InChI=1S/C20H22N2O3/c23-17-5-3-14(4-6-17)20(24)13-22-11-15-8-19(9-16(15)12-22)25-18-2-1-7-21-10-18/h1-7,10,15-16,19,23H,8-9,11-13H2/t15-,16?,19?/m0/s1. The summed E-state index contributed by atoms with van der Waals surface area (Å²) in [5.74, 6) is 2.35. The molecular formula is C20H22N2O3. The Morgan fingerprint density at radius 2 is 1.88 bits per heavy atom. The summed E-state index contributed by atoms with van der Waals surface area (Å²) >= 11 is 0. The molecule has 1 saturated carbocycles. The number of fused-ring (bicyclic) bond motifs is 1. The summed E-state index contributed by atoms with van der Waals surface area (Å²) < 4.78 is 6.04. The number of carbonyl (C=O) groups excluding carboxylic acids is 1. The number of aromatic hydroxyl groups is 1. The number of pyridine rings is 1. The molecule has 0 amide bonds. The zero-order valence-electron chi connectivity index (χ0n) is 14.0. The van der Waals surface area contributed by atoms with E-state index in [1.807, 2.05) is 12.1 Å². The van der Waals surface area contributed by atoms with Crippen molar-refractivity contribution in [2.75, 3.05) is 19.6 Å². The third-order valence-corrected chi connectivity index (χ3v) is 5.28. The van der Waals surface area contributed by atoms with Crippen LogP contribution >= 0.6 is 0 Å². The van der Waals surface area contributed by atoms with E-state index in [2.05, 4.69) is 9.88 Å². The normalized spacial score (nSPS) is 25.7. The second-order valence-electron chi connectivity index (χ2n) is 7.08. The number of benzene rings is 1. The van der Waals surface area contributed by atoms with E-state index in [1.54, 1.807) is 36.7 Å². The van der Waals surface area contributed by atoms with Gasteiger partial charge in [-0.2, -0.15) is 0 Å². The number of phenolic OH excluding ortho intramolecular Hbond substituents is 1. The molecule has 0 radical (unpaired) electrons. The summed E-state index contributed by atoms with van der Waals surface area (Å²) in [6.45, 7) is 2.37. The summed E-state index contributed by atoms with van der Waals surface area (Å²) in [5, 5.41) is 9.32. The first-order chi connectivity index (χ1) is 12.2. The van der Waals surface area contributed by atoms with Crippen molar-refractivity contribution in [3.05, 3.63) is 54.4 Å². The highest BCUT2D eigenvalue weighted by Crippen LogP contribution is 2.39. The van der Waals surface area contributed by atoms with Crippen LogP contribution in [0.4, 0.5) is 0 Å². The lowest BCUT2D eigenvalue weighted by molar-refractivity contribution is 0.0936. The van der Waals surface area contributed by atoms with Gasteiger partial charge in [-0.15, -0.1) is 0 Å². The van der Waals surface area contributed by atoms with Crippen LogP contribution in [0.1, 0.15) is 23.2 Å². The second-order valence-corrected chi connectivity index (χ2v) is 7.08. The molecule has 4 rings (SSSR count). The molecule has 25 heavy (non-hydrogen) atoms. The van der Waals surface area contributed by atoms with Crippen LogP contribution in [-0.2, 0) is 0 Å². The van der Waals surface area contributed by atoms with Crippen molar-refractivity contribution in [2.45, 2.75) is 18.9 Å². The van der Waals surface area contributed by atoms with E-state index >= 15 is 0 Å². The van der Waals surface area contributed by atoms with E-state index in [0.717, 1.165) is 31.7 Å². The van der Waals surface area contributed by atoms with Crippen molar-refractivity contribution in [3.8, 4) is 11.5 Å². The molecule has 1 aliphatic heterocycles. The number of Topliss-reactive ketones (excluding diaryl/α,β-unsaturated/α-hetero) is 1. The number of ether oxygens (including phenoxy) is 1. The SMILES string of the molecule is O=C(CN1CC2CC(Oc3cccnc3)C[C@H]2C1)c1ccc(O)cc1. The molecule has 2 aromatic rings. The fourth-order valence-corrected chi connectivity index (χ4v) is 4.12. The highest BCUT2D eigenvalue weighted by molar-refractivity contribution is 5.97. The molecule has 130 valence electrons. The van der Waals surface area contributed by atoms with Crippen LogP contribution in [0.25, 0.3) is 0 Å².